The van der Waals surface area contributed by atoms with Crippen LogP contribution >= 0.6 is 0 Å². The number of hydrogen-bond acceptors (Lipinski definition) is 7. The minimum absolute atomic E-state index is 0.0249. The molecule has 1 heterocycles. The molecule has 0 atom stereocenters. The average Bonchev–Trinajstić information content (AvgIpc) is 2.56. The van der Waals surface area contributed by atoms with E-state index in [4.69, 9.17) is 0 Å². The molecule has 1 aromatic heterocycles. The summed E-state index contributed by atoms with van der Waals surface area (Å²) >= 11 is 0. The zero-order valence-electron chi connectivity index (χ0n) is 13.0. The van der Waals surface area contributed by atoms with E-state index in [0.717, 1.165) is 0 Å². The number of pyridine rings is 1. The first-order valence-corrected chi connectivity index (χ1v) is 6.83. The third-order valence-corrected chi connectivity index (χ3v) is 2.71. The Hall–Kier alpha value is -3.49. The van der Waals surface area contributed by atoms with Gasteiger partial charge in [0.25, 0.3) is 0 Å². The lowest BCUT2D eigenvalue weighted by molar-refractivity contribution is -0.114. The number of aromatic hydroxyl groups is 1. The van der Waals surface area contributed by atoms with Crippen molar-refractivity contribution in [2.45, 2.75) is 6.92 Å². The quantitative estimate of drug-likeness (QED) is 0.742. The largest absolute Gasteiger partial charge is 0.504 e. The van der Waals surface area contributed by atoms with Gasteiger partial charge < -0.3 is 15.2 Å². The van der Waals surface area contributed by atoms with Crippen LogP contribution in [0.1, 0.15) is 6.92 Å². The van der Waals surface area contributed by atoms with E-state index in [1.807, 2.05) is 6.07 Å². The molecule has 0 aliphatic rings. The first-order chi connectivity index (χ1) is 11.5. The Bertz CT molecular complexity index is 777. The topological polar surface area (TPSA) is 125 Å². The normalized spacial score (nSPS) is 10.4. The molecule has 0 aliphatic heterocycles. The van der Waals surface area contributed by atoms with Gasteiger partial charge in [0, 0.05) is 13.0 Å². The van der Waals surface area contributed by atoms with Crippen molar-refractivity contribution in [3.8, 4) is 5.75 Å². The first-order valence-electron chi connectivity index (χ1n) is 6.83. The number of rotatable bonds is 4. The van der Waals surface area contributed by atoms with Crippen molar-refractivity contribution in [3.63, 3.8) is 0 Å². The predicted octanol–water partition coefficient (Wildman–Crippen LogP) is 3.34. The summed E-state index contributed by atoms with van der Waals surface area (Å²) in [6, 6.07) is 10.1. The number of carbonyl (C=O) groups excluding carboxylic acids is 2. The van der Waals surface area contributed by atoms with Gasteiger partial charge in [-0.3, -0.25) is 10.1 Å². The van der Waals surface area contributed by atoms with Gasteiger partial charge in [-0.25, -0.2) is 9.78 Å². The SMILES string of the molecule is COC(=O)Nc1nc(NC(C)=O)c(O)cc1/N=N/c1ccccc1. The Kier molecular flexibility index (Phi) is 5.40. The lowest BCUT2D eigenvalue weighted by atomic mass is 10.3. The van der Waals surface area contributed by atoms with Gasteiger partial charge in [0.2, 0.25) is 5.91 Å². The second kappa shape index (κ2) is 7.68. The second-order valence-electron chi connectivity index (χ2n) is 4.56. The molecule has 0 fully saturated rings. The van der Waals surface area contributed by atoms with E-state index in [-0.39, 0.29) is 23.1 Å². The molecule has 9 heteroatoms. The van der Waals surface area contributed by atoms with Gasteiger partial charge in [0.15, 0.2) is 17.4 Å². The molecule has 124 valence electrons. The maximum atomic E-state index is 11.4. The van der Waals surface area contributed by atoms with E-state index in [1.54, 1.807) is 24.3 Å². The lowest BCUT2D eigenvalue weighted by Gasteiger charge is -2.10. The van der Waals surface area contributed by atoms with Crippen molar-refractivity contribution >= 4 is 35.0 Å². The summed E-state index contributed by atoms with van der Waals surface area (Å²) in [4.78, 5) is 26.5. The number of nitrogens with zero attached hydrogens (tertiary/aromatic N) is 3. The van der Waals surface area contributed by atoms with Crippen LogP contribution < -0.4 is 10.6 Å². The molecule has 2 rings (SSSR count). The van der Waals surface area contributed by atoms with Gasteiger partial charge in [-0.05, 0) is 12.1 Å². The van der Waals surface area contributed by atoms with E-state index >= 15 is 0 Å². The smallest absolute Gasteiger partial charge is 0.412 e. The molecule has 0 saturated carbocycles. The maximum Gasteiger partial charge on any atom is 0.412 e. The Morgan fingerprint density at radius 2 is 1.83 bits per heavy atom. The monoisotopic (exact) mass is 329 g/mol. The predicted molar refractivity (Wildman–Crippen MR) is 86.9 cm³/mol. The summed E-state index contributed by atoms with van der Waals surface area (Å²) < 4.78 is 4.51. The van der Waals surface area contributed by atoms with Crippen molar-refractivity contribution in [2.24, 2.45) is 10.2 Å². The van der Waals surface area contributed by atoms with Crippen LogP contribution in [0.25, 0.3) is 0 Å². The van der Waals surface area contributed by atoms with Gasteiger partial charge >= 0.3 is 6.09 Å². The Morgan fingerprint density at radius 1 is 1.12 bits per heavy atom. The number of aromatic nitrogens is 1. The fourth-order valence-corrected chi connectivity index (χ4v) is 1.67. The van der Waals surface area contributed by atoms with Crippen molar-refractivity contribution < 1.29 is 19.4 Å². The van der Waals surface area contributed by atoms with Crippen LogP contribution in [0.2, 0.25) is 0 Å². The highest BCUT2D eigenvalue weighted by molar-refractivity contribution is 5.92. The number of ether oxygens (including phenoxy) is 1. The van der Waals surface area contributed by atoms with Crippen LogP contribution in [-0.4, -0.2) is 29.2 Å². The fourth-order valence-electron chi connectivity index (χ4n) is 1.67. The summed E-state index contributed by atoms with van der Waals surface area (Å²) in [6.45, 7) is 1.26. The third kappa shape index (κ3) is 4.50. The molecule has 2 aromatic rings. The highest BCUT2D eigenvalue weighted by atomic mass is 16.5. The molecule has 24 heavy (non-hydrogen) atoms. The minimum atomic E-state index is -0.780. The summed E-state index contributed by atoms with van der Waals surface area (Å²) in [6.07, 6.45) is -0.780. The van der Waals surface area contributed by atoms with Gasteiger partial charge in [0.05, 0.1) is 12.8 Å². The zero-order valence-corrected chi connectivity index (χ0v) is 13.0. The molecule has 0 spiro atoms. The average molecular weight is 329 g/mol. The Morgan fingerprint density at radius 3 is 2.46 bits per heavy atom. The van der Waals surface area contributed by atoms with Crippen LogP contribution in [0.5, 0.6) is 5.75 Å². The molecule has 2 amide bonds. The van der Waals surface area contributed by atoms with E-state index in [2.05, 4.69) is 30.6 Å². The molecule has 0 radical (unpaired) electrons. The highest BCUT2D eigenvalue weighted by Gasteiger charge is 2.15. The number of benzene rings is 1. The Balaban J connectivity index is 2.40. The summed E-state index contributed by atoms with van der Waals surface area (Å²) in [7, 11) is 1.19. The fraction of sp³-hybridized carbons (Fsp3) is 0.133. The first kappa shape index (κ1) is 16.9. The molecule has 0 saturated heterocycles. The third-order valence-electron chi connectivity index (χ3n) is 2.71. The number of amides is 2. The molecule has 0 bridgehead atoms. The molecular formula is C15H15N5O4. The standard InChI is InChI=1S/C15H15N5O4/c1-9(21)16-14-12(22)8-11(13(17-14)18-15(23)24-2)20-19-10-6-4-3-5-7-10/h3-8,22H,1-2H3,(H2,16,17,18,21,23)/b20-19+. The van der Waals surface area contributed by atoms with Gasteiger partial charge in [0.1, 0.15) is 5.69 Å². The van der Waals surface area contributed by atoms with E-state index in [1.165, 1.54) is 20.1 Å². The maximum absolute atomic E-state index is 11.4. The summed E-state index contributed by atoms with van der Waals surface area (Å²) in [5.74, 6) is -0.890. The van der Waals surface area contributed by atoms with Crippen LogP contribution in [0.4, 0.5) is 27.8 Å². The van der Waals surface area contributed by atoms with E-state index < -0.39 is 12.0 Å². The van der Waals surface area contributed by atoms with Gasteiger partial charge in [-0.2, -0.15) is 5.11 Å². The molecular weight excluding hydrogens is 314 g/mol. The van der Waals surface area contributed by atoms with Gasteiger partial charge in [-0.15, -0.1) is 5.11 Å². The van der Waals surface area contributed by atoms with Gasteiger partial charge in [-0.1, -0.05) is 18.2 Å². The van der Waals surface area contributed by atoms with Crippen molar-refractivity contribution in [1.29, 1.82) is 0 Å². The second-order valence-corrected chi connectivity index (χ2v) is 4.56. The number of anilines is 2. The van der Waals surface area contributed by atoms with Crippen molar-refractivity contribution in [3.05, 3.63) is 36.4 Å². The number of carbonyl (C=O) groups is 2. The minimum Gasteiger partial charge on any atom is -0.504 e. The van der Waals surface area contributed by atoms with Crippen LogP contribution in [0.15, 0.2) is 46.6 Å². The molecule has 1 aromatic carbocycles. The summed E-state index contributed by atoms with van der Waals surface area (Å²) in [5, 5.41) is 22.6. The zero-order chi connectivity index (χ0) is 17.5. The van der Waals surface area contributed by atoms with Crippen molar-refractivity contribution in [2.75, 3.05) is 17.7 Å². The number of nitrogens with one attached hydrogen (secondary N) is 2. The Labute approximate surface area is 137 Å². The van der Waals surface area contributed by atoms with Crippen LogP contribution in [0.3, 0.4) is 0 Å². The van der Waals surface area contributed by atoms with Crippen molar-refractivity contribution in [1.82, 2.24) is 4.98 Å². The molecule has 0 unspecified atom stereocenters. The number of azo groups is 1. The molecule has 9 nitrogen and oxygen atoms in total. The van der Waals surface area contributed by atoms with Crippen LogP contribution in [-0.2, 0) is 9.53 Å². The molecule has 0 aliphatic carbocycles. The molecule has 3 N–H and O–H groups in total. The lowest BCUT2D eigenvalue weighted by Crippen LogP contribution is -2.14. The van der Waals surface area contributed by atoms with Crippen LogP contribution in [0, 0.1) is 0 Å². The highest BCUT2D eigenvalue weighted by Crippen LogP contribution is 2.33. The van der Waals surface area contributed by atoms with E-state index in [0.29, 0.717) is 5.69 Å². The number of methoxy groups -OCH3 is 1. The number of hydrogen-bond donors (Lipinski definition) is 3. The van der Waals surface area contributed by atoms with E-state index in [9.17, 15) is 14.7 Å². The summed E-state index contributed by atoms with van der Waals surface area (Å²) in [5.41, 5.74) is 0.669.